The van der Waals surface area contributed by atoms with Crippen molar-refractivity contribution in [3.63, 3.8) is 0 Å². The Labute approximate surface area is 365 Å². The van der Waals surface area contributed by atoms with E-state index in [1.165, 1.54) is 13.8 Å². The zero-order chi connectivity index (χ0) is 47.0. The molecule has 0 aromatic carbocycles. The van der Waals surface area contributed by atoms with Crippen LogP contribution >= 0.6 is 35.2 Å². The number of imidazole rings is 1. The molecule has 0 radical (unpaired) electrons. The number of hydrogen-bond donors (Lipinski definition) is 10. The number of hydrogen-bond acceptors (Lipinski definition) is 19. The maximum absolute atomic E-state index is 12.7. The second kappa shape index (κ2) is 24.9. The average molecular weight is 978 g/mol. The highest BCUT2D eigenvalue weighted by Gasteiger charge is 2.50. The molecule has 26 nitrogen and oxygen atoms in total. The molecule has 1 aliphatic rings. The molecule has 2 aromatic heterocycles. The van der Waals surface area contributed by atoms with Gasteiger partial charge in [-0.1, -0.05) is 37.8 Å². The number of thioether (sulfide) groups is 1. The second-order valence-electron chi connectivity index (χ2n) is 14.6. The van der Waals surface area contributed by atoms with Gasteiger partial charge in [-0.15, -0.1) is 0 Å². The van der Waals surface area contributed by atoms with Gasteiger partial charge in [-0.3, -0.25) is 37.3 Å². The first-order valence-corrected chi connectivity index (χ1v) is 24.8. The molecule has 11 N–H and O–H groups in total. The number of amides is 2. The number of allylic oxidation sites excluding steroid dienone is 2. The van der Waals surface area contributed by atoms with Crippen LogP contribution in [0.3, 0.4) is 0 Å². The number of aliphatic hydroxyl groups excluding tert-OH is 2. The van der Waals surface area contributed by atoms with E-state index in [-0.39, 0.29) is 48.0 Å². The Morgan fingerprint density at radius 2 is 1.60 bits per heavy atom. The minimum Gasteiger partial charge on any atom is -0.481 e. The van der Waals surface area contributed by atoms with Gasteiger partial charge in [0, 0.05) is 43.5 Å². The van der Waals surface area contributed by atoms with Gasteiger partial charge in [-0.25, -0.2) is 28.6 Å². The zero-order valence-electron chi connectivity index (χ0n) is 34.2. The molecule has 0 bridgehead atoms. The molecule has 2 aromatic rings. The first kappa shape index (κ1) is 54.1. The first-order valence-electron chi connectivity index (χ1n) is 19.3. The van der Waals surface area contributed by atoms with Gasteiger partial charge in [-0.2, -0.15) is 4.31 Å². The van der Waals surface area contributed by atoms with Gasteiger partial charge in [0.25, 0.3) is 0 Å². The lowest BCUT2D eigenvalue weighted by Crippen LogP contribution is -2.46. The molecule has 356 valence electrons. The topological polar surface area (TPSA) is 401 Å². The van der Waals surface area contributed by atoms with E-state index in [1.54, 1.807) is 0 Å². The fourth-order valence-electron chi connectivity index (χ4n) is 5.67. The number of nitrogens with one attached hydrogen (secondary N) is 2. The number of fused-ring (bicyclic) bond motifs is 1. The molecule has 0 aliphatic carbocycles. The number of carbonyl (C=O) groups is 4. The summed E-state index contributed by atoms with van der Waals surface area (Å²) in [7, 11) is -16.4. The van der Waals surface area contributed by atoms with Crippen molar-refractivity contribution in [3.8, 4) is 0 Å². The molecule has 7 unspecified atom stereocenters. The molecule has 1 aliphatic heterocycles. The Hall–Kier alpha value is -3.23. The summed E-state index contributed by atoms with van der Waals surface area (Å²) in [5.74, 6) is -1.95. The van der Waals surface area contributed by atoms with Crippen molar-refractivity contribution in [2.75, 3.05) is 37.8 Å². The summed E-state index contributed by atoms with van der Waals surface area (Å²) in [4.78, 5) is 98.5. The summed E-state index contributed by atoms with van der Waals surface area (Å²) in [6, 6.07) is 0. The number of ether oxygens (including phenoxy) is 1. The summed E-state index contributed by atoms with van der Waals surface area (Å²) < 4.78 is 62.2. The molecule has 30 heteroatoms. The standard InChI is InChI=1S/C33H54N7O19P3S/c1-33(2,28(46)31(47)36-14-13-22(41)35-15-16-63-24(44)12-10-8-6-4-3-5-7-9-11-23(42)43)18-56-62(53,54)59-61(51,52)55-17-21-27(58-60(48,49)50)26(45)32(57-21)40-20-39-25-29(34)37-19-38-30(25)40/h3-4,19-21,26-28,32,45-46H,5-18H2,1-2H3,(H,35,41)(H,36,47)(H,42,43)(H,51,52)(H,53,54)(H2,34,37,38)(H2,48,49,50)/b4-3+. The van der Waals surface area contributed by atoms with Crippen LogP contribution in [0.1, 0.15) is 77.9 Å². The fourth-order valence-corrected chi connectivity index (χ4v) is 9.22. The SMILES string of the molecule is CC(C)(COP(=O)(O)OP(=O)(O)OCC1OC(n2cnc3c(N)ncnc32)C(O)C1OP(=O)(O)O)C(O)C(=O)NCCC(=O)NCCSC(=O)CCCC/C=C/CCCCC(=O)O. The normalized spacial score (nSPS) is 20.6. The molecule has 3 rings (SSSR count). The number of carboxylic acid groups (broad SMARTS) is 1. The van der Waals surface area contributed by atoms with E-state index < -0.39 is 90.5 Å². The highest BCUT2D eigenvalue weighted by atomic mass is 32.2. The predicted molar refractivity (Wildman–Crippen MR) is 221 cm³/mol. The largest absolute Gasteiger partial charge is 0.481 e. The van der Waals surface area contributed by atoms with Crippen LogP contribution in [-0.4, -0.2) is 134 Å². The summed E-state index contributed by atoms with van der Waals surface area (Å²) >= 11 is 1.08. The quantitative estimate of drug-likeness (QED) is 0.0313. The van der Waals surface area contributed by atoms with E-state index in [0.29, 0.717) is 25.0 Å². The van der Waals surface area contributed by atoms with Gasteiger partial charge < -0.3 is 56.0 Å². The van der Waals surface area contributed by atoms with E-state index in [2.05, 4.69) is 34.4 Å². The summed E-state index contributed by atoms with van der Waals surface area (Å²) in [6.07, 6.45) is 2.20. The van der Waals surface area contributed by atoms with E-state index in [4.69, 9.17) is 24.6 Å². The van der Waals surface area contributed by atoms with Crippen molar-refractivity contribution in [1.29, 1.82) is 0 Å². The second-order valence-corrected chi connectivity index (χ2v) is 20.0. The number of phosphoric acid groups is 3. The number of carbonyl (C=O) groups excluding carboxylic acids is 3. The maximum Gasteiger partial charge on any atom is 0.481 e. The molecule has 1 saturated heterocycles. The Morgan fingerprint density at radius 3 is 2.25 bits per heavy atom. The van der Waals surface area contributed by atoms with Crippen molar-refractivity contribution in [3.05, 3.63) is 24.8 Å². The lowest BCUT2D eigenvalue weighted by molar-refractivity contribution is -0.137. The number of aliphatic hydroxyl groups is 2. The van der Waals surface area contributed by atoms with E-state index in [1.807, 2.05) is 12.2 Å². The maximum atomic E-state index is 12.7. The number of unbranched alkanes of at least 4 members (excludes halogenated alkanes) is 4. The number of nitrogens with zero attached hydrogens (tertiary/aromatic N) is 4. The Kier molecular flexibility index (Phi) is 21.4. The van der Waals surface area contributed by atoms with Crippen molar-refractivity contribution in [1.82, 2.24) is 30.2 Å². The smallest absolute Gasteiger partial charge is 0.481 e. The molecular formula is C33H54N7O19P3S. The molecular weight excluding hydrogens is 923 g/mol. The van der Waals surface area contributed by atoms with Gasteiger partial charge in [0.2, 0.25) is 11.8 Å². The average Bonchev–Trinajstić information content (AvgIpc) is 3.75. The lowest BCUT2D eigenvalue weighted by atomic mass is 9.87. The van der Waals surface area contributed by atoms with Crippen LogP contribution in [0.2, 0.25) is 0 Å². The number of nitrogen functional groups attached to an aromatic ring is 1. The van der Waals surface area contributed by atoms with Crippen LogP contribution in [0, 0.1) is 5.41 Å². The highest BCUT2D eigenvalue weighted by Crippen LogP contribution is 2.61. The Bertz CT molecular complexity index is 2040. The number of rotatable bonds is 29. The monoisotopic (exact) mass is 977 g/mol. The molecule has 0 spiro atoms. The number of aromatic nitrogens is 4. The van der Waals surface area contributed by atoms with Crippen LogP contribution in [-0.2, 0) is 55.5 Å². The van der Waals surface area contributed by atoms with Gasteiger partial charge >= 0.3 is 29.4 Å². The van der Waals surface area contributed by atoms with Crippen LogP contribution in [0.5, 0.6) is 0 Å². The van der Waals surface area contributed by atoms with Gasteiger partial charge in [0.15, 0.2) is 22.8 Å². The zero-order valence-corrected chi connectivity index (χ0v) is 37.7. The lowest BCUT2D eigenvalue weighted by Gasteiger charge is -2.30. The third kappa shape index (κ3) is 19.0. The number of anilines is 1. The van der Waals surface area contributed by atoms with Crippen LogP contribution < -0.4 is 16.4 Å². The summed E-state index contributed by atoms with van der Waals surface area (Å²) in [5, 5.41) is 35.1. The third-order valence-corrected chi connectivity index (χ3v) is 13.0. The van der Waals surface area contributed by atoms with Crippen molar-refractivity contribution < 1.29 is 90.4 Å². The Morgan fingerprint density at radius 1 is 0.952 bits per heavy atom. The molecule has 7 atom stereocenters. The van der Waals surface area contributed by atoms with Crippen LogP contribution in [0.4, 0.5) is 5.82 Å². The fraction of sp³-hybridized carbons (Fsp3) is 0.667. The first-order chi connectivity index (χ1) is 29.4. The van der Waals surface area contributed by atoms with Crippen molar-refractivity contribution >= 4 is 75.1 Å². The predicted octanol–water partition coefficient (Wildman–Crippen LogP) is 1.43. The number of aliphatic carboxylic acids is 1. The molecule has 63 heavy (non-hydrogen) atoms. The molecule has 1 fully saturated rings. The van der Waals surface area contributed by atoms with Crippen LogP contribution in [0.15, 0.2) is 24.8 Å². The number of nitrogens with two attached hydrogens (primary N) is 1. The van der Waals surface area contributed by atoms with Gasteiger partial charge in [0.1, 0.15) is 36.3 Å². The van der Waals surface area contributed by atoms with E-state index in [9.17, 15) is 62.7 Å². The Balaban J connectivity index is 1.37. The van der Waals surface area contributed by atoms with Crippen LogP contribution in [0.25, 0.3) is 11.2 Å². The minimum absolute atomic E-state index is 0.0150. The molecule has 3 heterocycles. The van der Waals surface area contributed by atoms with E-state index >= 15 is 0 Å². The third-order valence-electron chi connectivity index (χ3n) is 8.94. The van der Waals surface area contributed by atoms with E-state index in [0.717, 1.165) is 54.7 Å². The number of carboxylic acids is 1. The minimum atomic E-state index is -5.58. The van der Waals surface area contributed by atoms with Gasteiger partial charge in [0.05, 0.1) is 19.5 Å². The summed E-state index contributed by atoms with van der Waals surface area (Å²) in [6.45, 7) is 0.433. The molecule has 2 amide bonds. The van der Waals surface area contributed by atoms with Crippen molar-refractivity contribution in [2.45, 2.75) is 102 Å². The molecule has 0 saturated carbocycles. The number of phosphoric ester groups is 3. The van der Waals surface area contributed by atoms with Gasteiger partial charge in [-0.05, 0) is 38.5 Å². The highest BCUT2D eigenvalue weighted by molar-refractivity contribution is 8.13. The van der Waals surface area contributed by atoms with Crippen molar-refractivity contribution in [2.24, 2.45) is 5.41 Å². The summed E-state index contributed by atoms with van der Waals surface area (Å²) in [5.41, 5.74) is 4.24.